The van der Waals surface area contributed by atoms with Crippen molar-refractivity contribution < 1.29 is 13.2 Å². The largest absolute Gasteiger partial charge is 0.496 e. The summed E-state index contributed by atoms with van der Waals surface area (Å²) in [7, 11) is -2.16. The fourth-order valence-electron chi connectivity index (χ4n) is 2.77. The fourth-order valence-corrected chi connectivity index (χ4v) is 4.96. The number of halogens is 1. The normalized spacial score (nSPS) is 12.6. The van der Waals surface area contributed by atoms with Gasteiger partial charge in [0.05, 0.1) is 21.6 Å². The number of rotatable bonds is 6. The highest BCUT2D eigenvalue weighted by molar-refractivity contribution is 14.1. The Bertz CT molecular complexity index is 1020. The van der Waals surface area contributed by atoms with Crippen molar-refractivity contribution in [1.29, 1.82) is 0 Å². The molecule has 0 unspecified atom stereocenters. The van der Waals surface area contributed by atoms with Crippen LogP contribution >= 0.6 is 22.6 Å². The van der Waals surface area contributed by atoms with Crippen LogP contribution in [0, 0.1) is 10.5 Å². The smallest absolute Gasteiger partial charge is 0.241 e. The van der Waals surface area contributed by atoms with Crippen LogP contribution in [-0.2, 0) is 10.0 Å². The van der Waals surface area contributed by atoms with Crippen molar-refractivity contribution in [2.45, 2.75) is 17.9 Å². The van der Waals surface area contributed by atoms with Crippen LogP contribution in [0.3, 0.4) is 0 Å². The molecule has 0 amide bonds. The number of benzene rings is 3. The van der Waals surface area contributed by atoms with Crippen molar-refractivity contribution in [3.05, 3.63) is 93.1 Å². The van der Waals surface area contributed by atoms with Gasteiger partial charge < -0.3 is 4.74 Å². The Morgan fingerprint density at radius 1 is 0.926 bits per heavy atom. The zero-order valence-electron chi connectivity index (χ0n) is 15.0. The van der Waals surface area contributed by atoms with Gasteiger partial charge in [0.1, 0.15) is 5.75 Å². The maximum absolute atomic E-state index is 13.1. The van der Waals surface area contributed by atoms with Crippen LogP contribution in [-0.4, -0.2) is 15.5 Å². The molecule has 1 N–H and O–H groups in total. The number of methoxy groups -OCH3 is 1. The second-order valence-electron chi connectivity index (χ2n) is 6.17. The topological polar surface area (TPSA) is 55.4 Å². The van der Waals surface area contributed by atoms with E-state index >= 15 is 0 Å². The number of sulfonamides is 1. The molecule has 0 heterocycles. The van der Waals surface area contributed by atoms with E-state index in [0.717, 1.165) is 20.3 Å². The molecule has 0 fully saturated rings. The van der Waals surface area contributed by atoms with Crippen LogP contribution in [0.4, 0.5) is 0 Å². The lowest BCUT2D eigenvalue weighted by atomic mass is 9.99. The zero-order chi connectivity index (χ0) is 19.4. The van der Waals surface area contributed by atoms with Gasteiger partial charge in [-0.25, -0.2) is 8.42 Å². The number of ether oxygens (including phenoxy) is 1. The highest BCUT2D eigenvalue weighted by atomic mass is 127. The first-order valence-corrected chi connectivity index (χ1v) is 10.9. The second kappa shape index (κ2) is 8.41. The first-order valence-electron chi connectivity index (χ1n) is 8.38. The summed E-state index contributed by atoms with van der Waals surface area (Å²) < 4.78 is 34.9. The van der Waals surface area contributed by atoms with Gasteiger partial charge in [0.25, 0.3) is 0 Å². The summed E-state index contributed by atoms with van der Waals surface area (Å²) in [5.74, 6) is 0.646. The lowest BCUT2D eigenvalue weighted by Gasteiger charge is -2.20. The van der Waals surface area contributed by atoms with Crippen LogP contribution < -0.4 is 9.46 Å². The standard InChI is InChI=1S/C21H20INO3S/c1-15-8-10-17(11-9-15)21(16-6-4-3-5-7-16)23-27(24,25)18-12-13-20(26-2)19(22)14-18/h3-14,21,23H,1-2H3/t21-/m1/s1. The quantitative estimate of drug-likeness (QED) is 0.508. The minimum Gasteiger partial charge on any atom is -0.496 e. The molecule has 0 saturated carbocycles. The number of hydrogen-bond acceptors (Lipinski definition) is 3. The van der Waals surface area contributed by atoms with E-state index in [1.54, 1.807) is 25.3 Å². The first kappa shape index (κ1) is 19.9. The third kappa shape index (κ3) is 4.69. The number of nitrogens with one attached hydrogen (secondary N) is 1. The molecule has 3 aromatic rings. The van der Waals surface area contributed by atoms with Gasteiger partial charge in [0.2, 0.25) is 10.0 Å². The van der Waals surface area contributed by atoms with Crippen molar-refractivity contribution in [3.8, 4) is 5.75 Å². The summed E-state index contributed by atoms with van der Waals surface area (Å²) in [4.78, 5) is 0.209. The van der Waals surface area contributed by atoms with E-state index in [1.165, 1.54) is 0 Å². The summed E-state index contributed by atoms with van der Waals surface area (Å²) in [6.07, 6.45) is 0. The molecule has 0 aliphatic heterocycles. The number of hydrogen-bond donors (Lipinski definition) is 1. The Kier molecular flexibility index (Phi) is 6.18. The summed E-state index contributed by atoms with van der Waals surface area (Å²) in [6.45, 7) is 2.00. The van der Waals surface area contributed by atoms with E-state index in [0.29, 0.717) is 5.75 Å². The van der Waals surface area contributed by atoms with Gasteiger partial charge in [-0.3, -0.25) is 0 Å². The van der Waals surface area contributed by atoms with Crippen LogP contribution in [0.1, 0.15) is 22.7 Å². The van der Waals surface area contributed by atoms with Gasteiger partial charge in [-0.2, -0.15) is 4.72 Å². The van der Waals surface area contributed by atoms with Crippen molar-refractivity contribution in [2.24, 2.45) is 0 Å². The molecule has 0 spiro atoms. The summed E-state index contributed by atoms with van der Waals surface area (Å²) in [6, 6.07) is 21.8. The van der Waals surface area contributed by atoms with Gasteiger partial charge in [-0.15, -0.1) is 0 Å². The molecule has 4 nitrogen and oxygen atoms in total. The van der Waals surface area contributed by atoms with E-state index in [9.17, 15) is 8.42 Å². The molecule has 0 aliphatic rings. The van der Waals surface area contributed by atoms with Gasteiger partial charge >= 0.3 is 0 Å². The first-order chi connectivity index (χ1) is 12.9. The molecule has 0 aromatic heterocycles. The van der Waals surface area contributed by atoms with Crippen LogP contribution in [0.25, 0.3) is 0 Å². The van der Waals surface area contributed by atoms with Crippen molar-refractivity contribution in [1.82, 2.24) is 4.72 Å². The van der Waals surface area contributed by atoms with Crippen molar-refractivity contribution in [3.63, 3.8) is 0 Å². The van der Waals surface area contributed by atoms with E-state index in [4.69, 9.17) is 4.74 Å². The number of aryl methyl sites for hydroxylation is 1. The van der Waals surface area contributed by atoms with Crippen LogP contribution in [0.5, 0.6) is 5.75 Å². The maximum atomic E-state index is 13.1. The Morgan fingerprint density at radius 2 is 1.56 bits per heavy atom. The molecule has 27 heavy (non-hydrogen) atoms. The van der Waals surface area contributed by atoms with Crippen LogP contribution in [0.15, 0.2) is 77.7 Å². The highest BCUT2D eigenvalue weighted by Gasteiger charge is 2.23. The lowest BCUT2D eigenvalue weighted by Crippen LogP contribution is -2.29. The third-order valence-electron chi connectivity index (χ3n) is 4.25. The monoisotopic (exact) mass is 493 g/mol. The minimum absolute atomic E-state index is 0.209. The Hall–Kier alpha value is -1.90. The van der Waals surface area contributed by atoms with Crippen molar-refractivity contribution >= 4 is 32.6 Å². The summed E-state index contributed by atoms with van der Waals surface area (Å²) in [5, 5.41) is 0. The molecule has 3 aromatic carbocycles. The SMILES string of the molecule is COc1ccc(S(=O)(=O)N[C@H](c2ccccc2)c2ccc(C)cc2)cc1I. The molecule has 0 aliphatic carbocycles. The van der Waals surface area contributed by atoms with E-state index in [2.05, 4.69) is 27.3 Å². The third-order valence-corrected chi connectivity index (χ3v) is 6.51. The Morgan fingerprint density at radius 3 is 2.15 bits per heavy atom. The van der Waals surface area contributed by atoms with E-state index in [-0.39, 0.29) is 4.90 Å². The van der Waals surface area contributed by atoms with Crippen molar-refractivity contribution in [2.75, 3.05) is 7.11 Å². The Labute approximate surface area is 173 Å². The lowest BCUT2D eigenvalue weighted by molar-refractivity contribution is 0.411. The zero-order valence-corrected chi connectivity index (χ0v) is 18.0. The molecular formula is C21H20INO3S. The van der Waals surface area contributed by atoms with Gasteiger partial charge in [0.15, 0.2) is 0 Å². The van der Waals surface area contributed by atoms with Gasteiger partial charge in [0, 0.05) is 0 Å². The van der Waals surface area contributed by atoms with E-state index < -0.39 is 16.1 Å². The molecule has 0 radical (unpaired) electrons. The average molecular weight is 493 g/mol. The molecule has 6 heteroatoms. The highest BCUT2D eigenvalue weighted by Crippen LogP contribution is 2.27. The molecular weight excluding hydrogens is 473 g/mol. The Balaban J connectivity index is 2.00. The predicted octanol–water partition coefficient (Wildman–Crippen LogP) is 4.68. The summed E-state index contributed by atoms with van der Waals surface area (Å²) >= 11 is 2.07. The molecule has 0 bridgehead atoms. The van der Waals surface area contributed by atoms with E-state index in [1.807, 2.05) is 61.5 Å². The molecule has 3 rings (SSSR count). The second-order valence-corrected chi connectivity index (χ2v) is 9.05. The summed E-state index contributed by atoms with van der Waals surface area (Å²) in [5.41, 5.74) is 2.89. The minimum atomic E-state index is -3.72. The molecule has 140 valence electrons. The maximum Gasteiger partial charge on any atom is 0.241 e. The van der Waals surface area contributed by atoms with Gasteiger partial charge in [-0.05, 0) is 58.8 Å². The predicted molar refractivity (Wildman–Crippen MR) is 115 cm³/mol. The van der Waals surface area contributed by atoms with Gasteiger partial charge in [-0.1, -0.05) is 60.2 Å². The fraction of sp³-hybridized carbons (Fsp3) is 0.143. The molecule has 1 atom stereocenters. The average Bonchev–Trinajstić information content (AvgIpc) is 2.67. The molecule has 0 saturated heterocycles. The van der Waals surface area contributed by atoms with Crippen LogP contribution in [0.2, 0.25) is 0 Å².